The number of hydrogen-bond acceptors (Lipinski definition) is 5. The van der Waals surface area contributed by atoms with Gasteiger partial charge in [-0.3, -0.25) is 14.3 Å². The summed E-state index contributed by atoms with van der Waals surface area (Å²) in [5.41, 5.74) is 0.461. The molecule has 2 aromatic rings. The van der Waals surface area contributed by atoms with Crippen LogP contribution in [-0.4, -0.2) is 43.6 Å². The number of amides is 1. The Bertz CT molecular complexity index is 733. The molecule has 6 nitrogen and oxygen atoms in total. The van der Waals surface area contributed by atoms with E-state index in [0.29, 0.717) is 5.56 Å². The van der Waals surface area contributed by atoms with Gasteiger partial charge in [0.15, 0.2) is 11.0 Å². The molecule has 2 aromatic heterocycles. The van der Waals surface area contributed by atoms with Crippen molar-refractivity contribution in [1.29, 1.82) is 0 Å². The predicted octanol–water partition coefficient (Wildman–Crippen LogP) is 2.69. The lowest BCUT2D eigenvalue weighted by Crippen LogP contribution is -2.31. The van der Waals surface area contributed by atoms with Crippen molar-refractivity contribution in [2.24, 2.45) is 0 Å². The second-order valence-electron chi connectivity index (χ2n) is 5.04. The summed E-state index contributed by atoms with van der Waals surface area (Å²) in [6.07, 6.45) is -0.0168. The number of nitrogens with one attached hydrogen (secondary N) is 1. The molecule has 2 heterocycles. The van der Waals surface area contributed by atoms with E-state index < -0.39 is 18.0 Å². The second kappa shape index (κ2) is 8.15. The van der Waals surface area contributed by atoms with E-state index in [9.17, 15) is 18.0 Å². The van der Waals surface area contributed by atoms with Gasteiger partial charge in [-0.15, -0.1) is 16.8 Å². The highest BCUT2D eigenvalue weighted by Gasteiger charge is 2.32. The molecule has 0 spiro atoms. The Labute approximate surface area is 146 Å². The van der Waals surface area contributed by atoms with E-state index in [1.54, 1.807) is 19.1 Å². The number of aromatic nitrogens is 4. The number of rotatable bonds is 7. The maximum Gasteiger partial charge on any atom is 0.406 e. The van der Waals surface area contributed by atoms with Crippen LogP contribution < -0.4 is 5.32 Å². The fourth-order valence-corrected chi connectivity index (χ4v) is 2.81. The van der Waals surface area contributed by atoms with Crippen molar-refractivity contribution in [3.05, 3.63) is 37.2 Å². The fourth-order valence-electron chi connectivity index (χ4n) is 1.94. The predicted molar refractivity (Wildman–Crippen MR) is 87.8 cm³/mol. The molecule has 0 unspecified atom stereocenters. The van der Waals surface area contributed by atoms with Crippen LogP contribution >= 0.6 is 11.8 Å². The van der Waals surface area contributed by atoms with Gasteiger partial charge in [0.1, 0.15) is 6.54 Å². The zero-order valence-corrected chi connectivity index (χ0v) is 14.1. The summed E-state index contributed by atoms with van der Waals surface area (Å²) in [6, 6.07) is 3.09. The monoisotopic (exact) mass is 371 g/mol. The van der Waals surface area contributed by atoms with E-state index in [0.717, 1.165) is 16.3 Å². The maximum absolute atomic E-state index is 13.0. The lowest BCUT2D eigenvalue weighted by molar-refractivity contribution is -0.141. The number of nitrogens with zero attached hydrogens (tertiary/aromatic N) is 4. The Morgan fingerprint density at radius 2 is 2.08 bits per heavy atom. The second-order valence-corrected chi connectivity index (χ2v) is 6.35. The average molecular weight is 371 g/mol. The topological polar surface area (TPSA) is 72.7 Å². The van der Waals surface area contributed by atoms with E-state index in [1.807, 2.05) is 0 Å². The number of hydrogen-bond donors (Lipinski definition) is 1. The SMILES string of the molecule is C=CCNC(=O)[C@H](C)Sc1nnc(-c2ccncc2)n1CC(F)(F)F. The van der Waals surface area contributed by atoms with E-state index in [4.69, 9.17) is 0 Å². The molecule has 1 amide bonds. The van der Waals surface area contributed by atoms with Gasteiger partial charge in [-0.1, -0.05) is 17.8 Å². The summed E-state index contributed by atoms with van der Waals surface area (Å²) < 4.78 is 39.9. The molecule has 0 aromatic carbocycles. The molecule has 0 fully saturated rings. The third-order valence-electron chi connectivity index (χ3n) is 3.06. The largest absolute Gasteiger partial charge is 0.406 e. The highest BCUT2D eigenvalue weighted by atomic mass is 32.2. The molecule has 0 bridgehead atoms. The Morgan fingerprint density at radius 1 is 1.40 bits per heavy atom. The molecule has 134 valence electrons. The van der Waals surface area contributed by atoms with Crippen molar-refractivity contribution in [2.75, 3.05) is 6.54 Å². The molecule has 0 saturated carbocycles. The normalized spacial score (nSPS) is 12.6. The number of pyridine rings is 1. The smallest absolute Gasteiger partial charge is 0.352 e. The third kappa shape index (κ3) is 5.31. The quantitative estimate of drug-likeness (QED) is 0.598. The molecule has 0 aliphatic heterocycles. The molecule has 1 atom stereocenters. The van der Waals surface area contributed by atoms with Crippen LogP contribution in [0.3, 0.4) is 0 Å². The lowest BCUT2D eigenvalue weighted by Gasteiger charge is -2.14. The molecule has 0 saturated heterocycles. The van der Waals surface area contributed by atoms with Crippen LogP contribution in [0.2, 0.25) is 0 Å². The Kier molecular flexibility index (Phi) is 6.18. The van der Waals surface area contributed by atoms with Crippen LogP contribution in [0.1, 0.15) is 6.92 Å². The summed E-state index contributed by atoms with van der Waals surface area (Å²) >= 11 is 0.912. The minimum atomic E-state index is -4.45. The van der Waals surface area contributed by atoms with Crippen molar-refractivity contribution in [3.63, 3.8) is 0 Å². The lowest BCUT2D eigenvalue weighted by atomic mass is 10.2. The van der Waals surface area contributed by atoms with Crippen LogP contribution in [0.5, 0.6) is 0 Å². The molecular weight excluding hydrogens is 355 g/mol. The van der Waals surface area contributed by atoms with E-state index in [-0.39, 0.29) is 23.4 Å². The van der Waals surface area contributed by atoms with Gasteiger partial charge in [0.2, 0.25) is 5.91 Å². The zero-order valence-electron chi connectivity index (χ0n) is 13.3. The van der Waals surface area contributed by atoms with Gasteiger partial charge < -0.3 is 5.32 Å². The van der Waals surface area contributed by atoms with Crippen molar-refractivity contribution in [3.8, 4) is 11.4 Å². The van der Waals surface area contributed by atoms with Crippen molar-refractivity contribution < 1.29 is 18.0 Å². The van der Waals surface area contributed by atoms with Gasteiger partial charge in [0.05, 0.1) is 5.25 Å². The van der Waals surface area contributed by atoms with Gasteiger partial charge in [0, 0.05) is 24.5 Å². The molecular formula is C15H16F3N5OS. The average Bonchev–Trinajstić information content (AvgIpc) is 2.94. The van der Waals surface area contributed by atoms with E-state index in [1.165, 1.54) is 18.5 Å². The minimum Gasteiger partial charge on any atom is -0.352 e. The van der Waals surface area contributed by atoms with Gasteiger partial charge >= 0.3 is 6.18 Å². The molecule has 25 heavy (non-hydrogen) atoms. The summed E-state index contributed by atoms with van der Waals surface area (Å²) in [5, 5.41) is 9.67. The van der Waals surface area contributed by atoms with Crippen molar-refractivity contribution >= 4 is 17.7 Å². The number of alkyl halides is 3. The fraction of sp³-hybridized carbons (Fsp3) is 0.333. The van der Waals surface area contributed by atoms with Crippen molar-refractivity contribution in [1.82, 2.24) is 25.1 Å². The summed E-state index contributed by atoms with van der Waals surface area (Å²) in [5.74, 6) is -0.252. The summed E-state index contributed by atoms with van der Waals surface area (Å²) in [6.45, 7) is 4.10. The first-order valence-electron chi connectivity index (χ1n) is 7.27. The molecule has 0 aliphatic carbocycles. The standard InChI is InChI=1S/C15H16F3N5OS/c1-3-6-20-13(24)10(2)25-14-22-21-12(11-4-7-19-8-5-11)23(14)9-15(16,17)18/h3-5,7-8,10H,1,6,9H2,2H3,(H,20,24)/t10-/m0/s1. The minimum absolute atomic E-state index is 0.0189. The van der Waals surface area contributed by atoms with Gasteiger partial charge in [-0.25, -0.2) is 0 Å². The van der Waals surface area contributed by atoms with E-state index in [2.05, 4.69) is 27.1 Å². The molecule has 0 aliphatic rings. The van der Waals surface area contributed by atoms with Gasteiger partial charge in [-0.05, 0) is 19.1 Å². The first kappa shape index (κ1) is 19.0. The maximum atomic E-state index is 13.0. The summed E-state index contributed by atoms with van der Waals surface area (Å²) in [4.78, 5) is 15.7. The highest BCUT2D eigenvalue weighted by molar-refractivity contribution is 8.00. The Hall–Kier alpha value is -2.36. The zero-order chi connectivity index (χ0) is 18.4. The summed E-state index contributed by atoms with van der Waals surface area (Å²) in [7, 11) is 0. The van der Waals surface area contributed by atoms with Crippen LogP contribution in [0, 0.1) is 0 Å². The van der Waals surface area contributed by atoms with Crippen molar-refractivity contribution in [2.45, 2.75) is 30.1 Å². The molecule has 0 radical (unpaired) electrons. The molecule has 10 heteroatoms. The Balaban J connectivity index is 2.30. The molecule has 2 rings (SSSR count). The van der Waals surface area contributed by atoms with Crippen LogP contribution in [-0.2, 0) is 11.3 Å². The van der Waals surface area contributed by atoms with Gasteiger partial charge in [0.25, 0.3) is 0 Å². The number of carbonyl (C=O) groups excluding carboxylic acids is 1. The third-order valence-corrected chi connectivity index (χ3v) is 4.15. The first-order valence-corrected chi connectivity index (χ1v) is 8.15. The van der Waals surface area contributed by atoms with Crippen LogP contribution in [0.15, 0.2) is 42.3 Å². The molecule has 1 N–H and O–H groups in total. The van der Waals surface area contributed by atoms with E-state index >= 15 is 0 Å². The van der Waals surface area contributed by atoms with Gasteiger partial charge in [-0.2, -0.15) is 13.2 Å². The number of halogens is 3. The van der Waals surface area contributed by atoms with Crippen LogP contribution in [0.4, 0.5) is 13.2 Å². The van der Waals surface area contributed by atoms with Crippen LogP contribution in [0.25, 0.3) is 11.4 Å². The highest BCUT2D eigenvalue weighted by Crippen LogP contribution is 2.30. The number of carbonyl (C=O) groups is 1. The first-order chi connectivity index (χ1) is 11.8. The number of thioether (sulfide) groups is 1. The Morgan fingerprint density at radius 3 is 2.68 bits per heavy atom.